The lowest BCUT2D eigenvalue weighted by molar-refractivity contribution is -0.779. The summed E-state index contributed by atoms with van der Waals surface area (Å²) < 4.78 is 5.14. The number of carbonyl (C=O) groups excluding carboxylic acids is 1. The molecule has 5 heteroatoms. The van der Waals surface area contributed by atoms with Gasteiger partial charge in [0.1, 0.15) is 5.75 Å². The van der Waals surface area contributed by atoms with Crippen molar-refractivity contribution in [3.63, 3.8) is 0 Å². The number of nitrogens with two attached hydrogens (primary N) is 1. The van der Waals surface area contributed by atoms with Gasteiger partial charge in [-0.3, -0.25) is 4.79 Å². The summed E-state index contributed by atoms with van der Waals surface area (Å²) >= 11 is 0. The fourth-order valence-corrected chi connectivity index (χ4v) is 3.74. The van der Waals surface area contributed by atoms with E-state index in [0.717, 1.165) is 23.3 Å². The Kier molecular flexibility index (Phi) is 4.83. The van der Waals surface area contributed by atoms with Gasteiger partial charge >= 0.3 is 5.91 Å². The summed E-state index contributed by atoms with van der Waals surface area (Å²) in [6.45, 7) is 6.29. The molecular formula is C21H26N3O2+. The van der Waals surface area contributed by atoms with Crippen LogP contribution >= 0.6 is 0 Å². The predicted molar refractivity (Wildman–Crippen MR) is 102 cm³/mol. The number of nitrogens with zero attached hydrogens (tertiary/aromatic N) is 1. The van der Waals surface area contributed by atoms with E-state index in [-0.39, 0.29) is 11.4 Å². The van der Waals surface area contributed by atoms with Gasteiger partial charge in [-0.15, -0.1) is 0 Å². The molecule has 0 fully saturated rings. The molecule has 0 aromatic heterocycles. The van der Waals surface area contributed by atoms with Crippen molar-refractivity contribution in [2.24, 2.45) is 5.10 Å². The van der Waals surface area contributed by atoms with Crippen LogP contribution in [-0.2, 0) is 16.8 Å². The normalized spacial score (nSPS) is 21.2. The van der Waals surface area contributed by atoms with E-state index in [9.17, 15) is 4.79 Å². The summed E-state index contributed by atoms with van der Waals surface area (Å²) in [7, 11) is 1.63. The average Bonchev–Trinajstić information content (AvgIpc) is 2.61. The van der Waals surface area contributed by atoms with E-state index in [4.69, 9.17) is 4.74 Å². The first-order chi connectivity index (χ1) is 12.3. The zero-order valence-corrected chi connectivity index (χ0v) is 15.7. The number of carbonyl (C=O) groups is 1. The number of fused-ring (bicyclic) bond motifs is 1. The Balaban J connectivity index is 1.79. The summed E-state index contributed by atoms with van der Waals surface area (Å²) in [5.41, 5.74) is 5.11. The van der Waals surface area contributed by atoms with E-state index in [1.807, 2.05) is 49.4 Å². The lowest BCUT2D eigenvalue weighted by atomic mass is 9.76. The first-order valence-corrected chi connectivity index (χ1v) is 8.77. The van der Waals surface area contributed by atoms with Crippen LogP contribution in [0.4, 0.5) is 0 Å². The van der Waals surface area contributed by atoms with Gasteiger partial charge in [-0.1, -0.05) is 24.3 Å². The SMILES string of the molecule is COc1ccc(/C=N\NC(=O)[C@]2(C)[NH2+]C(C)(C)Cc3ccccc32)cc1. The largest absolute Gasteiger partial charge is 0.497 e. The van der Waals surface area contributed by atoms with Crippen molar-refractivity contribution in [2.45, 2.75) is 38.3 Å². The van der Waals surface area contributed by atoms with Gasteiger partial charge < -0.3 is 10.1 Å². The second-order valence-electron chi connectivity index (χ2n) is 7.64. The molecule has 1 heterocycles. The van der Waals surface area contributed by atoms with Gasteiger partial charge in [0.25, 0.3) is 0 Å². The van der Waals surface area contributed by atoms with Crippen LogP contribution in [-0.4, -0.2) is 24.8 Å². The highest BCUT2D eigenvalue weighted by Crippen LogP contribution is 2.28. The highest BCUT2D eigenvalue weighted by Gasteiger charge is 2.49. The highest BCUT2D eigenvalue weighted by molar-refractivity contribution is 5.88. The molecule has 0 saturated heterocycles. The molecule has 0 aliphatic carbocycles. The number of amides is 1. The van der Waals surface area contributed by atoms with Crippen molar-refractivity contribution in [1.29, 1.82) is 0 Å². The van der Waals surface area contributed by atoms with Crippen molar-refractivity contribution < 1.29 is 14.8 Å². The number of benzene rings is 2. The van der Waals surface area contributed by atoms with Crippen molar-refractivity contribution >= 4 is 12.1 Å². The molecule has 3 N–H and O–H groups in total. The van der Waals surface area contributed by atoms with Crippen molar-refractivity contribution in [3.8, 4) is 5.75 Å². The van der Waals surface area contributed by atoms with Crippen LogP contribution < -0.4 is 15.5 Å². The van der Waals surface area contributed by atoms with E-state index in [2.05, 4.69) is 35.8 Å². The van der Waals surface area contributed by atoms with Crippen molar-refractivity contribution in [2.75, 3.05) is 7.11 Å². The second-order valence-corrected chi connectivity index (χ2v) is 7.64. The van der Waals surface area contributed by atoms with Crippen LogP contribution in [0.15, 0.2) is 53.6 Å². The molecule has 1 atom stereocenters. The number of hydrogen-bond donors (Lipinski definition) is 2. The molecule has 0 unspecified atom stereocenters. The number of ether oxygens (including phenoxy) is 1. The number of rotatable bonds is 4. The topological polar surface area (TPSA) is 67.3 Å². The minimum atomic E-state index is -0.713. The van der Waals surface area contributed by atoms with Gasteiger partial charge in [0.2, 0.25) is 5.54 Å². The molecule has 0 spiro atoms. The smallest absolute Gasteiger partial charge is 0.305 e. The van der Waals surface area contributed by atoms with E-state index in [1.165, 1.54) is 5.56 Å². The molecule has 2 aromatic rings. The maximum Gasteiger partial charge on any atom is 0.305 e. The zero-order chi connectivity index (χ0) is 18.8. The van der Waals surface area contributed by atoms with Gasteiger partial charge in [0.15, 0.2) is 0 Å². The molecule has 26 heavy (non-hydrogen) atoms. The number of methoxy groups -OCH3 is 1. The number of hydrogen-bond acceptors (Lipinski definition) is 3. The Morgan fingerprint density at radius 2 is 1.85 bits per heavy atom. The van der Waals surface area contributed by atoms with Crippen LogP contribution in [0.1, 0.15) is 37.5 Å². The molecule has 3 rings (SSSR count). The summed E-state index contributed by atoms with van der Waals surface area (Å²) in [5, 5.41) is 6.29. The van der Waals surface area contributed by atoms with Crippen molar-refractivity contribution in [3.05, 3.63) is 65.2 Å². The van der Waals surface area contributed by atoms with Gasteiger partial charge in [-0.05, 0) is 49.2 Å². The molecule has 0 bridgehead atoms. The summed E-state index contributed by atoms with van der Waals surface area (Å²) in [5.74, 6) is 0.664. The Morgan fingerprint density at radius 1 is 1.15 bits per heavy atom. The Morgan fingerprint density at radius 3 is 2.54 bits per heavy atom. The standard InChI is InChI=1S/C21H25N3O2/c1-20(2)13-16-7-5-6-8-18(16)21(3,24-20)19(25)23-22-14-15-9-11-17(26-4)12-10-15/h5-12,14,24H,13H2,1-4H3,(H,23,25)/p+1/b22-14-/t21-/m1/s1. The quantitative estimate of drug-likeness (QED) is 0.652. The number of hydrazone groups is 1. The van der Waals surface area contributed by atoms with Crippen LogP contribution in [0.5, 0.6) is 5.75 Å². The molecule has 2 aromatic carbocycles. The third-order valence-corrected chi connectivity index (χ3v) is 4.87. The molecule has 0 saturated carbocycles. The van der Waals surface area contributed by atoms with E-state index < -0.39 is 5.54 Å². The molecule has 1 aliphatic rings. The van der Waals surface area contributed by atoms with E-state index in [1.54, 1.807) is 13.3 Å². The minimum Gasteiger partial charge on any atom is -0.497 e. The van der Waals surface area contributed by atoms with Gasteiger partial charge in [-0.25, -0.2) is 5.43 Å². The minimum absolute atomic E-state index is 0.0554. The molecule has 1 aliphatic heterocycles. The van der Waals surface area contributed by atoms with Crippen LogP contribution in [0.25, 0.3) is 0 Å². The lowest BCUT2D eigenvalue weighted by Gasteiger charge is -2.40. The highest BCUT2D eigenvalue weighted by atomic mass is 16.5. The van der Waals surface area contributed by atoms with Gasteiger partial charge in [0.05, 0.1) is 18.9 Å². The Labute approximate surface area is 154 Å². The first-order valence-electron chi connectivity index (χ1n) is 8.77. The average molecular weight is 352 g/mol. The number of quaternary nitrogens is 1. The molecule has 0 radical (unpaired) electrons. The van der Waals surface area contributed by atoms with Crippen LogP contribution in [0.2, 0.25) is 0 Å². The summed E-state index contributed by atoms with van der Waals surface area (Å²) in [6, 6.07) is 15.7. The molecule has 136 valence electrons. The Hall–Kier alpha value is -2.66. The fraction of sp³-hybridized carbons (Fsp3) is 0.333. The summed E-state index contributed by atoms with van der Waals surface area (Å²) in [4.78, 5) is 13.0. The first kappa shape index (κ1) is 18.1. The Bertz CT molecular complexity index is 827. The molecule has 5 nitrogen and oxygen atoms in total. The molecular weight excluding hydrogens is 326 g/mol. The zero-order valence-electron chi connectivity index (χ0n) is 15.7. The van der Waals surface area contributed by atoms with Gasteiger partial charge in [0, 0.05) is 18.9 Å². The molecule has 1 amide bonds. The van der Waals surface area contributed by atoms with Crippen LogP contribution in [0.3, 0.4) is 0 Å². The van der Waals surface area contributed by atoms with E-state index in [0.29, 0.717) is 0 Å². The third kappa shape index (κ3) is 3.63. The lowest BCUT2D eigenvalue weighted by Crippen LogP contribution is -3.06. The second kappa shape index (κ2) is 6.92. The maximum atomic E-state index is 13.0. The predicted octanol–water partition coefficient (Wildman–Crippen LogP) is 1.96. The third-order valence-electron chi connectivity index (χ3n) is 4.87. The van der Waals surface area contributed by atoms with Crippen LogP contribution in [0, 0.1) is 0 Å². The summed E-state index contributed by atoms with van der Waals surface area (Å²) in [6.07, 6.45) is 2.57. The maximum absolute atomic E-state index is 13.0. The number of nitrogens with one attached hydrogen (secondary N) is 1. The fourth-order valence-electron chi connectivity index (χ4n) is 3.74. The van der Waals surface area contributed by atoms with Gasteiger partial charge in [-0.2, -0.15) is 5.10 Å². The monoisotopic (exact) mass is 352 g/mol. The van der Waals surface area contributed by atoms with E-state index >= 15 is 0 Å². The van der Waals surface area contributed by atoms with Crippen molar-refractivity contribution in [1.82, 2.24) is 5.43 Å².